The minimum atomic E-state index is -0.416. The van der Waals surface area contributed by atoms with Crippen LogP contribution in [0.3, 0.4) is 0 Å². The number of aromatic nitrogens is 4. The van der Waals surface area contributed by atoms with Gasteiger partial charge in [0, 0.05) is 17.8 Å². The van der Waals surface area contributed by atoms with Crippen molar-refractivity contribution in [3.05, 3.63) is 27.5 Å². The first-order valence-electron chi connectivity index (χ1n) is 6.09. The molecule has 0 fully saturated rings. The number of aryl methyl sites for hydroxylation is 3. The zero-order valence-electron chi connectivity index (χ0n) is 11.2. The summed E-state index contributed by atoms with van der Waals surface area (Å²) < 4.78 is 6.66. The predicted octanol–water partition coefficient (Wildman–Crippen LogP) is 1.77. The van der Waals surface area contributed by atoms with E-state index in [0.29, 0.717) is 18.8 Å². The van der Waals surface area contributed by atoms with Crippen LogP contribution in [-0.4, -0.2) is 32.6 Å². The van der Waals surface area contributed by atoms with Crippen LogP contribution in [-0.2, 0) is 17.7 Å². The average Bonchev–Trinajstić information content (AvgIpc) is 2.94. The number of nitrogens with zero attached hydrogens (tertiary/aromatic N) is 4. The molecule has 0 saturated heterocycles. The van der Waals surface area contributed by atoms with Crippen molar-refractivity contribution in [1.82, 2.24) is 20.0 Å². The fourth-order valence-electron chi connectivity index (χ4n) is 1.73. The van der Waals surface area contributed by atoms with Gasteiger partial charge in [-0.15, -0.1) is 16.4 Å². The van der Waals surface area contributed by atoms with E-state index in [9.17, 15) is 4.79 Å². The third kappa shape index (κ3) is 2.98. The standard InChI is InChI=1S/C12H16N4O2S/c1-4-18-12(17)11-9(3)16(15-14-11)6-5-10-8(2)13-7-19-10/h7H,4-6H2,1-3H3. The first-order valence-corrected chi connectivity index (χ1v) is 6.97. The molecule has 0 saturated carbocycles. The van der Waals surface area contributed by atoms with E-state index in [0.717, 1.165) is 17.8 Å². The van der Waals surface area contributed by atoms with Gasteiger partial charge >= 0.3 is 5.97 Å². The lowest BCUT2D eigenvalue weighted by atomic mass is 10.3. The van der Waals surface area contributed by atoms with Crippen LogP contribution in [0.2, 0.25) is 0 Å². The third-order valence-corrected chi connectivity index (χ3v) is 3.84. The van der Waals surface area contributed by atoms with E-state index in [1.54, 1.807) is 22.9 Å². The first kappa shape index (κ1) is 13.7. The Balaban J connectivity index is 2.06. The van der Waals surface area contributed by atoms with Crippen LogP contribution in [0.4, 0.5) is 0 Å². The molecule has 0 aliphatic heterocycles. The second kappa shape index (κ2) is 5.92. The minimum Gasteiger partial charge on any atom is -0.461 e. The predicted molar refractivity (Wildman–Crippen MR) is 71.3 cm³/mol. The van der Waals surface area contributed by atoms with Crippen LogP contribution in [0.25, 0.3) is 0 Å². The molecule has 0 aromatic carbocycles. The topological polar surface area (TPSA) is 69.9 Å². The van der Waals surface area contributed by atoms with Crippen molar-refractivity contribution in [3.63, 3.8) is 0 Å². The van der Waals surface area contributed by atoms with Gasteiger partial charge in [-0.2, -0.15) is 0 Å². The van der Waals surface area contributed by atoms with Crippen molar-refractivity contribution in [1.29, 1.82) is 0 Å². The highest BCUT2D eigenvalue weighted by molar-refractivity contribution is 7.09. The van der Waals surface area contributed by atoms with Crippen molar-refractivity contribution in [3.8, 4) is 0 Å². The van der Waals surface area contributed by atoms with Crippen molar-refractivity contribution < 1.29 is 9.53 Å². The van der Waals surface area contributed by atoms with Crippen molar-refractivity contribution in [2.24, 2.45) is 0 Å². The van der Waals surface area contributed by atoms with Gasteiger partial charge in [-0.25, -0.2) is 14.5 Å². The van der Waals surface area contributed by atoms with Crippen LogP contribution in [0.5, 0.6) is 0 Å². The fraction of sp³-hybridized carbons (Fsp3) is 0.500. The SMILES string of the molecule is CCOC(=O)c1nnn(CCc2scnc2C)c1C. The van der Waals surface area contributed by atoms with Crippen molar-refractivity contribution in [2.75, 3.05) is 6.61 Å². The summed E-state index contributed by atoms with van der Waals surface area (Å²) in [6, 6.07) is 0. The molecule has 0 spiro atoms. The van der Waals surface area contributed by atoms with Crippen LogP contribution in [0, 0.1) is 13.8 Å². The molecule has 0 N–H and O–H groups in total. The van der Waals surface area contributed by atoms with E-state index in [2.05, 4.69) is 15.3 Å². The van der Waals surface area contributed by atoms with Gasteiger partial charge < -0.3 is 4.74 Å². The van der Waals surface area contributed by atoms with Crippen molar-refractivity contribution >= 4 is 17.3 Å². The molecule has 6 nitrogen and oxygen atoms in total. The molecule has 19 heavy (non-hydrogen) atoms. The average molecular weight is 280 g/mol. The van der Waals surface area contributed by atoms with Gasteiger partial charge in [-0.1, -0.05) is 5.21 Å². The maximum atomic E-state index is 11.6. The Morgan fingerprint density at radius 1 is 1.47 bits per heavy atom. The van der Waals surface area contributed by atoms with Gasteiger partial charge in [-0.05, 0) is 20.8 Å². The van der Waals surface area contributed by atoms with E-state index in [1.165, 1.54) is 4.88 Å². The molecule has 0 bridgehead atoms. The number of hydrogen-bond acceptors (Lipinski definition) is 6. The molecule has 2 aromatic rings. The second-order valence-electron chi connectivity index (χ2n) is 4.08. The lowest BCUT2D eigenvalue weighted by Crippen LogP contribution is -2.09. The van der Waals surface area contributed by atoms with E-state index in [-0.39, 0.29) is 0 Å². The number of carbonyl (C=O) groups excluding carboxylic acids is 1. The van der Waals surface area contributed by atoms with E-state index >= 15 is 0 Å². The van der Waals surface area contributed by atoms with Crippen LogP contribution in [0.1, 0.15) is 33.7 Å². The zero-order chi connectivity index (χ0) is 13.8. The molecule has 0 aliphatic carbocycles. The molecule has 0 amide bonds. The summed E-state index contributed by atoms with van der Waals surface area (Å²) in [5, 5.41) is 7.88. The zero-order valence-corrected chi connectivity index (χ0v) is 12.0. The number of hydrogen-bond donors (Lipinski definition) is 0. The van der Waals surface area contributed by atoms with Gasteiger partial charge in [0.1, 0.15) is 0 Å². The number of rotatable bonds is 5. The molecule has 2 rings (SSSR count). The molecule has 2 aromatic heterocycles. The monoisotopic (exact) mass is 280 g/mol. The van der Waals surface area contributed by atoms with Gasteiger partial charge in [0.15, 0.2) is 5.69 Å². The Hall–Kier alpha value is -1.76. The second-order valence-corrected chi connectivity index (χ2v) is 5.02. The first-order chi connectivity index (χ1) is 9.13. The van der Waals surface area contributed by atoms with Gasteiger partial charge in [0.05, 0.1) is 23.5 Å². The summed E-state index contributed by atoms with van der Waals surface area (Å²) in [4.78, 5) is 17.1. The third-order valence-electron chi connectivity index (χ3n) is 2.85. The fourth-order valence-corrected chi connectivity index (χ4v) is 2.50. The normalized spacial score (nSPS) is 10.7. The maximum absolute atomic E-state index is 11.6. The summed E-state index contributed by atoms with van der Waals surface area (Å²) in [5.74, 6) is -0.416. The molecule has 0 atom stereocenters. The smallest absolute Gasteiger partial charge is 0.360 e. The lowest BCUT2D eigenvalue weighted by Gasteiger charge is -2.03. The maximum Gasteiger partial charge on any atom is 0.360 e. The Morgan fingerprint density at radius 2 is 2.26 bits per heavy atom. The molecule has 0 radical (unpaired) electrons. The van der Waals surface area contributed by atoms with Crippen LogP contribution >= 0.6 is 11.3 Å². The summed E-state index contributed by atoms with van der Waals surface area (Å²) in [5.41, 5.74) is 3.92. The molecule has 102 valence electrons. The van der Waals surface area contributed by atoms with Gasteiger partial charge in [0.2, 0.25) is 0 Å². The highest BCUT2D eigenvalue weighted by atomic mass is 32.1. The Bertz CT molecular complexity index is 576. The van der Waals surface area contributed by atoms with Gasteiger partial charge in [0.25, 0.3) is 0 Å². The summed E-state index contributed by atoms with van der Waals surface area (Å²) in [7, 11) is 0. The Morgan fingerprint density at radius 3 is 2.89 bits per heavy atom. The van der Waals surface area contributed by atoms with Crippen molar-refractivity contribution in [2.45, 2.75) is 33.7 Å². The van der Waals surface area contributed by atoms with Crippen LogP contribution in [0.15, 0.2) is 5.51 Å². The molecule has 7 heteroatoms. The highest BCUT2D eigenvalue weighted by Gasteiger charge is 2.17. The molecule has 0 aliphatic rings. The Labute approximate surface area is 115 Å². The van der Waals surface area contributed by atoms with Gasteiger partial charge in [-0.3, -0.25) is 0 Å². The summed E-state index contributed by atoms with van der Waals surface area (Å²) in [6.07, 6.45) is 0.836. The summed E-state index contributed by atoms with van der Waals surface area (Å²) >= 11 is 1.63. The van der Waals surface area contributed by atoms with E-state index < -0.39 is 5.97 Å². The molecular formula is C12H16N4O2S. The number of thiazole rings is 1. The Kier molecular flexibility index (Phi) is 4.26. The largest absolute Gasteiger partial charge is 0.461 e. The number of esters is 1. The minimum absolute atomic E-state index is 0.294. The lowest BCUT2D eigenvalue weighted by molar-refractivity contribution is 0.0518. The van der Waals surface area contributed by atoms with E-state index in [4.69, 9.17) is 4.74 Å². The molecular weight excluding hydrogens is 264 g/mol. The van der Waals surface area contributed by atoms with Crippen LogP contribution < -0.4 is 0 Å². The molecule has 0 unspecified atom stereocenters. The molecule has 2 heterocycles. The van der Waals surface area contributed by atoms with E-state index in [1.807, 2.05) is 19.4 Å². The summed E-state index contributed by atoms with van der Waals surface area (Å²) in [6.45, 7) is 6.60. The quantitative estimate of drug-likeness (QED) is 0.781. The number of carbonyl (C=O) groups is 1. The highest BCUT2D eigenvalue weighted by Crippen LogP contribution is 2.14. The number of ether oxygens (including phenoxy) is 1.